The van der Waals surface area contributed by atoms with E-state index in [-0.39, 0.29) is 0 Å². The third-order valence-corrected chi connectivity index (χ3v) is 3.47. The number of furan rings is 1. The number of hydrogen-bond donors (Lipinski definition) is 2. The first-order valence-electron chi connectivity index (χ1n) is 6.30. The number of rotatable bonds is 4. The molecule has 3 nitrogen and oxygen atoms in total. The number of para-hydroxylation sites is 1. The van der Waals surface area contributed by atoms with Crippen LogP contribution in [0.15, 0.2) is 34.9 Å². The largest absolute Gasteiger partial charge is 0.464 e. The predicted octanol–water partition coefficient (Wildman–Crippen LogP) is 2.13. The summed E-state index contributed by atoms with van der Waals surface area (Å²) in [6.07, 6.45) is 3.16. The van der Waals surface area contributed by atoms with Gasteiger partial charge in [0.15, 0.2) is 0 Å². The van der Waals surface area contributed by atoms with Gasteiger partial charge in [-0.1, -0.05) is 18.2 Å². The first-order valence-corrected chi connectivity index (χ1v) is 6.30. The highest BCUT2D eigenvalue weighted by Gasteiger charge is 2.13. The minimum atomic E-state index is 0.785. The van der Waals surface area contributed by atoms with Crippen LogP contribution in [0.2, 0.25) is 0 Å². The average molecular weight is 230 g/mol. The smallest absolute Gasteiger partial charge is 0.134 e. The average Bonchev–Trinajstić information content (AvgIpc) is 2.99. The lowest BCUT2D eigenvalue weighted by molar-refractivity contribution is 0.510. The first-order chi connectivity index (χ1) is 8.43. The molecule has 1 saturated heterocycles. The Balaban J connectivity index is 1.60. The van der Waals surface area contributed by atoms with Crippen molar-refractivity contribution in [1.82, 2.24) is 10.6 Å². The molecular weight excluding hydrogens is 212 g/mol. The fourth-order valence-corrected chi connectivity index (χ4v) is 2.47. The van der Waals surface area contributed by atoms with Crippen molar-refractivity contribution in [2.45, 2.75) is 13.0 Å². The molecule has 0 saturated carbocycles. The zero-order chi connectivity index (χ0) is 11.5. The van der Waals surface area contributed by atoms with E-state index in [1.807, 2.05) is 18.4 Å². The highest BCUT2D eigenvalue weighted by Crippen LogP contribution is 2.20. The highest BCUT2D eigenvalue weighted by atomic mass is 16.3. The van der Waals surface area contributed by atoms with Gasteiger partial charge in [-0.25, -0.2) is 0 Å². The van der Waals surface area contributed by atoms with Crippen molar-refractivity contribution in [2.24, 2.45) is 5.92 Å². The number of nitrogens with one attached hydrogen (secondary N) is 2. The van der Waals surface area contributed by atoms with Crippen molar-refractivity contribution < 1.29 is 4.42 Å². The lowest BCUT2D eigenvalue weighted by Crippen LogP contribution is -2.23. The summed E-state index contributed by atoms with van der Waals surface area (Å²) in [5.41, 5.74) is 2.23. The van der Waals surface area contributed by atoms with Crippen molar-refractivity contribution in [1.29, 1.82) is 0 Å². The van der Waals surface area contributed by atoms with Gasteiger partial charge in [0.2, 0.25) is 0 Å². The zero-order valence-electron chi connectivity index (χ0n) is 9.91. The van der Waals surface area contributed by atoms with Gasteiger partial charge < -0.3 is 15.1 Å². The Bertz CT molecular complexity index is 486. The molecule has 0 amide bonds. The van der Waals surface area contributed by atoms with E-state index in [1.165, 1.54) is 23.9 Å². The zero-order valence-corrected chi connectivity index (χ0v) is 9.91. The summed E-state index contributed by atoms with van der Waals surface area (Å²) in [5.74, 6) is 0.785. The third kappa shape index (κ3) is 2.35. The Kier molecular flexibility index (Phi) is 3.12. The van der Waals surface area contributed by atoms with Gasteiger partial charge in [-0.05, 0) is 38.0 Å². The fraction of sp³-hybridized carbons (Fsp3) is 0.429. The lowest BCUT2D eigenvalue weighted by atomic mass is 10.1. The van der Waals surface area contributed by atoms with Gasteiger partial charge in [0, 0.05) is 17.5 Å². The molecule has 90 valence electrons. The van der Waals surface area contributed by atoms with Gasteiger partial charge in [0.05, 0.1) is 6.26 Å². The molecule has 3 rings (SSSR count). The minimum absolute atomic E-state index is 0.785. The van der Waals surface area contributed by atoms with E-state index in [0.29, 0.717) is 0 Å². The van der Waals surface area contributed by atoms with E-state index < -0.39 is 0 Å². The molecule has 1 aliphatic heterocycles. The minimum Gasteiger partial charge on any atom is -0.464 e. The summed E-state index contributed by atoms with van der Waals surface area (Å²) in [5, 5.41) is 8.14. The molecule has 3 heteroatoms. The molecule has 1 aromatic heterocycles. The van der Waals surface area contributed by atoms with Crippen molar-refractivity contribution in [2.75, 3.05) is 19.6 Å². The topological polar surface area (TPSA) is 37.2 Å². The van der Waals surface area contributed by atoms with E-state index in [1.54, 1.807) is 0 Å². The Hall–Kier alpha value is -1.32. The van der Waals surface area contributed by atoms with Crippen LogP contribution < -0.4 is 10.6 Å². The van der Waals surface area contributed by atoms with E-state index in [2.05, 4.69) is 22.8 Å². The molecule has 1 atom stereocenters. The molecule has 2 aromatic rings. The molecule has 2 N–H and O–H groups in total. The van der Waals surface area contributed by atoms with Crippen LogP contribution in [-0.4, -0.2) is 19.6 Å². The molecule has 1 fully saturated rings. The Morgan fingerprint density at radius 2 is 2.29 bits per heavy atom. The van der Waals surface area contributed by atoms with Gasteiger partial charge in [-0.15, -0.1) is 0 Å². The molecular formula is C14H18N2O. The molecule has 0 aliphatic carbocycles. The summed E-state index contributed by atoms with van der Waals surface area (Å²) in [6.45, 7) is 4.31. The molecule has 1 aromatic carbocycles. The summed E-state index contributed by atoms with van der Waals surface area (Å²) in [6, 6.07) is 8.20. The third-order valence-electron chi connectivity index (χ3n) is 3.47. The quantitative estimate of drug-likeness (QED) is 0.845. The monoisotopic (exact) mass is 230 g/mol. The van der Waals surface area contributed by atoms with Gasteiger partial charge in [0.1, 0.15) is 5.58 Å². The lowest BCUT2D eigenvalue weighted by Gasteiger charge is -2.08. The second kappa shape index (κ2) is 4.90. The molecule has 0 radical (unpaired) electrons. The summed E-state index contributed by atoms with van der Waals surface area (Å²) in [4.78, 5) is 0. The second-order valence-corrected chi connectivity index (χ2v) is 4.75. The van der Waals surface area contributed by atoms with Crippen LogP contribution in [0.1, 0.15) is 12.0 Å². The Morgan fingerprint density at radius 3 is 3.18 bits per heavy atom. The van der Waals surface area contributed by atoms with Gasteiger partial charge in [0.25, 0.3) is 0 Å². The highest BCUT2D eigenvalue weighted by molar-refractivity contribution is 5.80. The van der Waals surface area contributed by atoms with E-state index in [9.17, 15) is 0 Å². The van der Waals surface area contributed by atoms with Crippen molar-refractivity contribution in [3.05, 3.63) is 36.1 Å². The van der Waals surface area contributed by atoms with Crippen molar-refractivity contribution in [3.63, 3.8) is 0 Å². The van der Waals surface area contributed by atoms with Crippen molar-refractivity contribution >= 4 is 11.0 Å². The van der Waals surface area contributed by atoms with E-state index in [4.69, 9.17) is 4.42 Å². The van der Waals surface area contributed by atoms with Crippen molar-refractivity contribution in [3.8, 4) is 0 Å². The van der Waals surface area contributed by atoms with Crippen LogP contribution in [0, 0.1) is 5.92 Å². The molecule has 2 heterocycles. The number of fused-ring (bicyclic) bond motifs is 1. The van der Waals surface area contributed by atoms with Crippen LogP contribution in [0.3, 0.4) is 0 Å². The van der Waals surface area contributed by atoms with E-state index >= 15 is 0 Å². The van der Waals surface area contributed by atoms with Crippen LogP contribution in [0.5, 0.6) is 0 Å². The van der Waals surface area contributed by atoms with E-state index in [0.717, 1.165) is 31.1 Å². The molecule has 1 aliphatic rings. The summed E-state index contributed by atoms with van der Waals surface area (Å²) >= 11 is 0. The predicted molar refractivity (Wildman–Crippen MR) is 68.9 cm³/mol. The van der Waals surface area contributed by atoms with Gasteiger partial charge in [-0.2, -0.15) is 0 Å². The SMILES string of the molecule is c1ccc2c(CNCC3CCNC3)coc2c1. The maximum Gasteiger partial charge on any atom is 0.134 e. The fourth-order valence-electron chi connectivity index (χ4n) is 2.47. The molecule has 0 spiro atoms. The summed E-state index contributed by atoms with van der Waals surface area (Å²) < 4.78 is 5.52. The Labute approximate surface area is 101 Å². The van der Waals surface area contributed by atoms with Crippen LogP contribution >= 0.6 is 0 Å². The number of hydrogen-bond acceptors (Lipinski definition) is 3. The van der Waals surface area contributed by atoms with Crippen LogP contribution in [0.4, 0.5) is 0 Å². The van der Waals surface area contributed by atoms with Crippen LogP contribution in [0.25, 0.3) is 11.0 Å². The maximum atomic E-state index is 5.52. The molecule has 1 unspecified atom stereocenters. The first kappa shape index (κ1) is 10.8. The molecule has 17 heavy (non-hydrogen) atoms. The summed E-state index contributed by atoms with van der Waals surface area (Å²) in [7, 11) is 0. The maximum absolute atomic E-state index is 5.52. The number of benzene rings is 1. The molecule has 0 bridgehead atoms. The van der Waals surface area contributed by atoms with Gasteiger partial charge >= 0.3 is 0 Å². The van der Waals surface area contributed by atoms with Crippen LogP contribution in [-0.2, 0) is 6.54 Å². The normalized spacial score (nSPS) is 20.1. The standard InChI is InChI=1S/C14H18N2O/c1-2-4-14-13(3-1)12(10-17-14)9-16-8-11-5-6-15-7-11/h1-4,10-11,15-16H,5-9H2. The Morgan fingerprint density at radius 1 is 1.35 bits per heavy atom. The second-order valence-electron chi connectivity index (χ2n) is 4.75. The van der Waals surface area contributed by atoms with Gasteiger partial charge in [-0.3, -0.25) is 0 Å².